The summed E-state index contributed by atoms with van der Waals surface area (Å²) in [6.07, 6.45) is -4.50. The fraction of sp³-hybridized carbons (Fsp3) is 0.250. The smallest absolute Gasteiger partial charge is 0.491 e. The van der Waals surface area contributed by atoms with E-state index >= 15 is 0 Å². The zero-order chi connectivity index (χ0) is 13.9. The van der Waals surface area contributed by atoms with Gasteiger partial charge < -0.3 is 9.47 Å². The van der Waals surface area contributed by atoms with Crippen LogP contribution in [0.5, 0.6) is 11.5 Å². The predicted molar refractivity (Wildman–Crippen MR) is 49.5 cm³/mol. The highest BCUT2D eigenvalue weighted by atomic mass is 19.4. The lowest BCUT2D eigenvalue weighted by molar-refractivity contribution is -0.389. The summed E-state index contributed by atoms with van der Waals surface area (Å²) in [6.45, 7) is 0. The van der Waals surface area contributed by atoms with Crippen LogP contribution in [-0.4, -0.2) is 29.7 Å². The summed E-state index contributed by atoms with van der Waals surface area (Å²) >= 11 is 0. The van der Waals surface area contributed by atoms with Gasteiger partial charge in [-0.15, -0.1) is 13.2 Å². The van der Waals surface area contributed by atoms with Gasteiger partial charge in [0.25, 0.3) is 5.75 Å². The Kier molecular flexibility index (Phi) is 3.69. The lowest BCUT2D eigenvalue weighted by Gasteiger charge is -2.12. The molecule has 1 aromatic rings. The molecule has 7 nitrogen and oxygen atoms in total. The molecule has 0 amide bonds. The number of aromatic nitrogens is 1. The van der Waals surface area contributed by atoms with E-state index in [1.54, 1.807) is 0 Å². The van der Waals surface area contributed by atoms with Crippen LogP contribution in [0.1, 0.15) is 10.5 Å². The standard InChI is InChI=1S/C8H5F3N2O5/c1-17-5-2-12-4(3-14)6(13(15)16)7(5)18-8(9,10)11/h2-3H,1H3. The summed E-state index contributed by atoms with van der Waals surface area (Å²) in [5.41, 5.74) is -2.00. The minimum absolute atomic E-state index is 0.0548. The van der Waals surface area contributed by atoms with Crippen LogP contribution in [0.4, 0.5) is 18.9 Å². The van der Waals surface area contributed by atoms with E-state index in [0.717, 1.165) is 13.3 Å². The van der Waals surface area contributed by atoms with E-state index in [1.807, 2.05) is 0 Å². The molecule has 0 aliphatic carbocycles. The molecule has 98 valence electrons. The van der Waals surface area contributed by atoms with Crippen LogP contribution < -0.4 is 9.47 Å². The quantitative estimate of drug-likeness (QED) is 0.468. The van der Waals surface area contributed by atoms with Crippen LogP contribution in [0.3, 0.4) is 0 Å². The van der Waals surface area contributed by atoms with Gasteiger partial charge in [-0.1, -0.05) is 0 Å². The first-order valence-corrected chi connectivity index (χ1v) is 4.22. The third kappa shape index (κ3) is 2.84. The van der Waals surface area contributed by atoms with Gasteiger partial charge in [0.15, 0.2) is 17.7 Å². The average molecular weight is 266 g/mol. The number of ether oxygens (including phenoxy) is 2. The Morgan fingerprint density at radius 1 is 1.50 bits per heavy atom. The highest BCUT2D eigenvalue weighted by Gasteiger charge is 2.38. The van der Waals surface area contributed by atoms with Gasteiger partial charge in [-0.2, -0.15) is 0 Å². The van der Waals surface area contributed by atoms with Crippen LogP contribution in [0, 0.1) is 10.1 Å². The Labute approximate surface area is 97.3 Å². The van der Waals surface area contributed by atoms with Crippen molar-refractivity contribution in [2.45, 2.75) is 6.36 Å². The molecule has 1 aromatic heterocycles. The summed E-state index contributed by atoms with van der Waals surface area (Å²) < 4.78 is 44.3. The van der Waals surface area contributed by atoms with Gasteiger partial charge in [0.2, 0.25) is 0 Å². The van der Waals surface area contributed by atoms with Gasteiger partial charge in [0.1, 0.15) is 0 Å². The van der Waals surface area contributed by atoms with Gasteiger partial charge in [-0.25, -0.2) is 4.98 Å². The van der Waals surface area contributed by atoms with Gasteiger partial charge in [0, 0.05) is 0 Å². The molecule has 0 bridgehead atoms. The van der Waals surface area contributed by atoms with Crippen LogP contribution in [0.25, 0.3) is 0 Å². The van der Waals surface area contributed by atoms with E-state index in [9.17, 15) is 28.1 Å². The number of halogens is 3. The number of alkyl halides is 3. The Hall–Kier alpha value is -2.39. The second-order valence-corrected chi connectivity index (χ2v) is 2.81. The molecule has 0 N–H and O–H groups in total. The first-order valence-electron chi connectivity index (χ1n) is 4.22. The molecule has 0 aliphatic heterocycles. The number of carbonyl (C=O) groups is 1. The number of rotatable bonds is 4. The van der Waals surface area contributed by atoms with E-state index in [-0.39, 0.29) is 6.29 Å². The number of pyridine rings is 1. The molecule has 0 saturated carbocycles. The summed E-state index contributed by atoms with van der Waals surface area (Å²) in [5.74, 6) is -1.82. The van der Waals surface area contributed by atoms with Gasteiger partial charge in [0.05, 0.1) is 18.2 Å². The van der Waals surface area contributed by atoms with E-state index < -0.39 is 34.2 Å². The number of methoxy groups -OCH3 is 1. The molecule has 10 heteroatoms. The zero-order valence-corrected chi connectivity index (χ0v) is 8.72. The Balaban J connectivity index is 3.50. The van der Waals surface area contributed by atoms with Crippen LogP contribution >= 0.6 is 0 Å². The van der Waals surface area contributed by atoms with Gasteiger partial charge in [-0.3, -0.25) is 14.9 Å². The van der Waals surface area contributed by atoms with Crippen molar-refractivity contribution in [2.75, 3.05) is 7.11 Å². The van der Waals surface area contributed by atoms with Crippen LogP contribution in [0.2, 0.25) is 0 Å². The molecule has 0 saturated heterocycles. The molecular weight excluding hydrogens is 261 g/mol. The molecule has 0 spiro atoms. The van der Waals surface area contributed by atoms with E-state index in [2.05, 4.69) is 14.5 Å². The molecule has 0 atom stereocenters. The van der Waals surface area contributed by atoms with Crippen molar-refractivity contribution in [1.82, 2.24) is 4.98 Å². The number of aldehydes is 1. The highest BCUT2D eigenvalue weighted by Crippen LogP contribution is 2.40. The van der Waals surface area contributed by atoms with Crippen molar-refractivity contribution < 1.29 is 32.4 Å². The van der Waals surface area contributed by atoms with Crippen LogP contribution in [-0.2, 0) is 0 Å². The minimum atomic E-state index is -5.17. The molecule has 1 rings (SSSR count). The summed E-state index contributed by atoms with van der Waals surface area (Å²) in [7, 11) is 0.977. The van der Waals surface area contributed by atoms with E-state index in [1.165, 1.54) is 0 Å². The normalized spacial score (nSPS) is 10.9. The summed E-state index contributed by atoms with van der Waals surface area (Å²) in [6, 6.07) is 0. The third-order valence-electron chi connectivity index (χ3n) is 1.73. The molecule has 18 heavy (non-hydrogen) atoms. The largest absolute Gasteiger partial charge is 0.573 e. The van der Waals surface area contributed by atoms with Crippen molar-refractivity contribution in [3.63, 3.8) is 0 Å². The van der Waals surface area contributed by atoms with Gasteiger partial charge >= 0.3 is 12.0 Å². The van der Waals surface area contributed by atoms with Gasteiger partial charge in [-0.05, 0) is 0 Å². The lowest BCUT2D eigenvalue weighted by Crippen LogP contribution is -2.19. The predicted octanol–water partition coefficient (Wildman–Crippen LogP) is 1.71. The topological polar surface area (TPSA) is 91.6 Å². The number of nitro groups is 1. The average Bonchev–Trinajstić information content (AvgIpc) is 2.25. The molecule has 0 radical (unpaired) electrons. The Morgan fingerprint density at radius 3 is 2.50 bits per heavy atom. The second kappa shape index (κ2) is 4.85. The third-order valence-corrected chi connectivity index (χ3v) is 1.73. The summed E-state index contributed by atoms with van der Waals surface area (Å²) in [5, 5.41) is 10.7. The lowest BCUT2D eigenvalue weighted by atomic mass is 10.3. The Morgan fingerprint density at radius 2 is 2.11 bits per heavy atom. The maximum Gasteiger partial charge on any atom is 0.573 e. The second-order valence-electron chi connectivity index (χ2n) is 2.81. The van der Waals surface area contributed by atoms with E-state index in [0.29, 0.717) is 0 Å². The van der Waals surface area contributed by atoms with Crippen molar-refractivity contribution in [3.8, 4) is 11.5 Å². The monoisotopic (exact) mass is 266 g/mol. The van der Waals surface area contributed by atoms with Crippen molar-refractivity contribution in [1.29, 1.82) is 0 Å². The van der Waals surface area contributed by atoms with Crippen molar-refractivity contribution in [3.05, 3.63) is 22.0 Å². The molecule has 0 fully saturated rings. The Bertz CT molecular complexity index is 488. The maximum atomic E-state index is 12.1. The SMILES string of the molecule is COc1cnc(C=O)c([N+](=O)[O-])c1OC(F)(F)F. The van der Waals surface area contributed by atoms with E-state index in [4.69, 9.17) is 0 Å². The maximum absolute atomic E-state index is 12.1. The number of nitrogens with zero attached hydrogens (tertiary/aromatic N) is 2. The van der Waals surface area contributed by atoms with Crippen LogP contribution in [0.15, 0.2) is 6.20 Å². The number of carbonyl (C=O) groups excluding carboxylic acids is 1. The van der Waals surface area contributed by atoms with Crippen molar-refractivity contribution in [2.24, 2.45) is 0 Å². The molecule has 1 heterocycles. The number of hydrogen-bond donors (Lipinski definition) is 0. The summed E-state index contributed by atoms with van der Waals surface area (Å²) in [4.78, 5) is 23.3. The molecule has 0 aromatic carbocycles. The minimum Gasteiger partial charge on any atom is -0.491 e. The van der Waals surface area contributed by atoms with Crippen molar-refractivity contribution >= 4 is 12.0 Å². The fourth-order valence-electron chi connectivity index (χ4n) is 1.10. The molecule has 0 unspecified atom stereocenters. The first kappa shape index (κ1) is 13.7. The number of hydrogen-bond acceptors (Lipinski definition) is 6. The zero-order valence-electron chi connectivity index (χ0n) is 8.72. The highest BCUT2D eigenvalue weighted by molar-refractivity contribution is 5.82. The molecule has 0 aliphatic rings. The fourth-order valence-corrected chi connectivity index (χ4v) is 1.10. The molecular formula is C8H5F3N2O5. The first-order chi connectivity index (χ1) is 8.30.